The monoisotopic (exact) mass is 566 g/mol. The van der Waals surface area contributed by atoms with Crippen LogP contribution < -0.4 is 15.0 Å². The van der Waals surface area contributed by atoms with Crippen LogP contribution in [0.4, 0.5) is 10.1 Å². The second kappa shape index (κ2) is 11.7. The minimum atomic E-state index is -1.68. The van der Waals surface area contributed by atoms with E-state index in [1.54, 1.807) is 24.3 Å². The quantitative estimate of drug-likeness (QED) is 0.458. The topological polar surface area (TPSA) is 88.9 Å². The molecule has 2 fully saturated rings. The summed E-state index contributed by atoms with van der Waals surface area (Å²) < 4.78 is 29.4. The van der Waals surface area contributed by atoms with Gasteiger partial charge in [0.1, 0.15) is 24.2 Å². The van der Waals surface area contributed by atoms with Gasteiger partial charge in [0.2, 0.25) is 5.91 Å². The Morgan fingerprint density at radius 2 is 1.83 bits per heavy atom. The maximum absolute atomic E-state index is 14.4. The van der Waals surface area contributed by atoms with Crippen molar-refractivity contribution in [2.75, 3.05) is 31.1 Å². The van der Waals surface area contributed by atoms with Crippen LogP contribution in [0.2, 0.25) is 0 Å². The molecule has 2 saturated heterocycles. The first-order chi connectivity index (χ1) is 20.7. The Balaban J connectivity index is 1.04. The molecule has 0 saturated carbocycles. The van der Waals surface area contributed by atoms with Crippen LogP contribution in [0, 0.1) is 17.1 Å². The molecule has 3 aromatic carbocycles. The van der Waals surface area contributed by atoms with Crippen molar-refractivity contribution in [3.05, 3.63) is 107 Å². The van der Waals surface area contributed by atoms with Gasteiger partial charge in [-0.25, -0.2) is 4.39 Å². The molecule has 214 valence electrons. The summed E-state index contributed by atoms with van der Waals surface area (Å²) in [6.07, 6.45) is 0.648. The molecule has 1 N–H and O–H groups in total. The lowest BCUT2D eigenvalue weighted by molar-refractivity contribution is -0.126. The Morgan fingerprint density at radius 3 is 2.55 bits per heavy atom. The van der Waals surface area contributed by atoms with Gasteiger partial charge < -0.3 is 19.9 Å². The fourth-order valence-electron chi connectivity index (χ4n) is 5.73. The van der Waals surface area contributed by atoms with E-state index in [9.17, 15) is 14.0 Å². The number of hydrogen-bond acceptors (Lipinski definition) is 6. The number of nitrogens with one attached hydrogen (secondary N) is 1. The number of piperidine rings is 1. The number of nitrogens with zero attached hydrogens (tertiary/aromatic N) is 4. The van der Waals surface area contributed by atoms with E-state index in [0.717, 1.165) is 30.8 Å². The lowest BCUT2D eigenvalue weighted by Gasteiger charge is -2.36. The van der Waals surface area contributed by atoms with Gasteiger partial charge in [-0.15, -0.1) is 0 Å². The van der Waals surface area contributed by atoms with Crippen LogP contribution in [-0.2, 0) is 24.5 Å². The Labute approximate surface area is 246 Å². The Hall–Kier alpha value is -4.68. The number of anilines is 1. The van der Waals surface area contributed by atoms with Gasteiger partial charge in [0, 0.05) is 49.5 Å². The van der Waals surface area contributed by atoms with Crippen molar-refractivity contribution >= 4 is 17.5 Å². The lowest BCUT2D eigenvalue weighted by atomic mass is 10.0. The van der Waals surface area contributed by atoms with Crippen LogP contribution in [0.1, 0.15) is 46.8 Å². The highest BCUT2D eigenvalue weighted by molar-refractivity contribution is 6.02. The molecule has 0 spiro atoms. The van der Waals surface area contributed by atoms with Gasteiger partial charge in [-0.3, -0.25) is 14.5 Å². The second-order valence-electron chi connectivity index (χ2n) is 10.8. The number of carbonyl (C=O) groups is 2. The van der Waals surface area contributed by atoms with Gasteiger partial charge in [0.05, 0.1) is 25.2 Å². The average Bonchev–Trinajstić information content (AvgIpc) is 3.36. The van der Waals surface area contributed by atoms with E-state index in [-0.39, 0.29) is 24.7 Å². The number of carbonyl (C=O) groups excluding carboxylic acids is 2. The predicted molar refractivity (Wildman–Crippen MR) is 156 cm³/mol. The Morgan fingerprint density at radius 1 is 1.07 bits per heavy atom. The highest BCUT2D eigenvalue weighted by Gasteiger charge is 2.39. The highest BCUT2D eigenvalue weighted by atomic mass is 19.1. The Kier molecular flexibility index (Phi) is 7.29. The first-order valence-electron chi connectivity index (χ1n) is 14.6. The number of rotatable bonds is 7. The molecule has 6 rings (SSSR count). The van der Waals surface area contributed by atoms with Crippen LogP contribution in [-0.4, -0.2) is 53.8 Å². The molecule has 0 aliphatic carbocycles. The van der Waals surface area contributed by atoms with Crippen LogP contribution >= 0.6 is 0 Å². The van der Waals surface area contributed by atoms with E-state index < -0.39 is 11.9 Å². The standard InChI is InChI=1S/C33H32FN5O3/c1-22-5-11-30(32(40)36-22)39-20-27-26(33(39)41)3-2-4-31(27)42-21-24-8-6-23(7-9-24)19-37-13-15-38(16-14-37)29-12-10-25(18-35)17-28(29)34/h2-4,6-10,12,17,30H,1,5,11,13-16,19-21H2,(H,36,40)/t30-/m0/s1/i30D. The summed E-state index contributed by atoms with van der Waals surface area (Å²) in [5, 5.41) is 11.6. The van der Waals surface area contributed by atoms with E-state index in [2.05, 4.69) is 28.9 Å². The van der Waals surface area contributed by atoms with E-state index >= 15 is 0 Å². The fraction of sp³-hybridized carbons (Fsp3) is 0.303. The number of nitriles is 1. The van der Waals surface area contributed by atoms with Crippen molar-refractivity contribution < 1.29 is 20.1 Å². The minimum absolute atomic E-state index is 0.137. The second-order valence-corrected chi connectivity index (χ2v) is 10.8. The smallest absolute Gasteiger partial charge is 0.255 e. The molecule has 1 atom stereocenters. The van der Waals surface area contributed by atoms with Gasteiger partial charge in [-0.1, -0.05) is 36.9 Å². The number of halogens is 1. The third kappa shape index (κ3) is 5.58. The first kappa shape index (κ1) is 26.2. The molecule has 3 heterocycles. The predicted octanol–water partition coefficient (Wildman–Crippen LogP) is 4.35. The number of ether oxygens (including phenoxy) is 1. The van der Waals surface area contributed by atoms with Crippen molar-refractivity contribution in [3.8, 4) is 11.8 Å². The third-order valence-corrected chi connectivity index (χ3v) is 8.08. The van der Waals surface area contributed by atoms with Crippen LogP contribution in [0.25, 0.3) is 0 Å². The molecular weight excluding hydrogens is 533 g/mol. The average molecular weight is 567 g/mol. The van der Waals surface area contributed by atoms with Gasteiger partial charge in [-0.2, -0.15) is 5.26 Å². The maximum Gasteiger partial charge on any atom is 0.255 e. The Bertz CT molecular complexity index is 1630. The SMILES string of the molecule is [2H][C@]1(N2Cc3c(OCc4ccc(CN5CCN(c6ccc(C#N)cc6F)CC5)cc4)cccc3C2=O)CCC(=C)NC1=O. The van der Waals surface area contributed by atoms with Gasteiger partial charge in [0.15, 0.2) is 0 Å². The van der Waals surface area contributed by atoms with E-state index in [4.69, 9.17) is 11.4 Å². The highest BCUT2D eigenvalue weighted by Crippen LogP contribution is 2.34. The number of piperazine rings is 1. The third-order valence-electron chi connectivity index (χ3n) is 8.08. The molecule has 2 amide bonds. The molecule has 0 unspecified atom stereocenters. The number of allylic oxidation sites excluding steroid dienone is 1. The molecule has 0 radical (unpaired) electrons. The van der Waals surface area contributed by atoms with Crippen molar-refractivity contribution in [1.29, 1.82) is 5.26 Å². The van der Waals surface area contributed by atoms with Crippen LogP contribution in [0.3, 0.4) is 0 Å². The van der Waals surface area contributed by atoms with E-state index in [1.165, 1.54) is 11.0 Å². The van der Waals surface area contributed by atoms with E-state index in [1.807, 2.05) is 29.2 Å². The van der Waals surface area contributed by atoms with Gasteiger partial charge in [0.25, 0.3) is 5.91 Å². The van der Waals surface area contributed by atoms with Crippen LogP contribution in [0.5, 0.6) is 5.75 Å². The molecular formula is C33H32FN5O3. The molecule has 0 aromatic heterocycles. The van der Waals surface area contributed by atoms with Crippen molar-refractivity contribution in [1.82, 2.24) is 15.1 Å². The minimum Gasteiger partial charge on any atom is -0.489 e. The zero-order chi connectivity index (χ0) is 30.1. The normalized spacial score (nSPS) is 21.0. The lowest BCUT2D eigenvalue weighted by Crippen LogP contribution is -2.49. The zero-order valence-corrected chi connectivity index (χ0v) is 23.2. The first-order valence-corrected chi connectivity index (χ1v) is 14.1. The van der Waals surface area contributed by atoms with Crippen molar-refractivity contribution in [2.45, 2.75) is 38.6 Å². The number of fused-ring (bicyclic) bond motifs is 1. The summed E-state index contributed by atoms with van der Waals surface area (Å²) >= 11 is 0. The van der Waals surface area contributed by atoms with Crippen LogP contribution in [0.15, 0.2) is 72.9 Å². The number of benzene rings is 3. The maximum atomic E-state index is 14.4. The number of amides is 2. The fourth-order valence-corrected chi connectivity index (χ4v) is 5.73. The largest absolute Gasteiger partial charge is 0.489 e. The summed E-state index contributed by atoms with van der Waals surface area (Å²) in [4.78, 5) is 31.5. The molecule has 3 aromatic rings. The molecule has 9 heteroatoms. The van der Waals surface area contributed by atoms with Gasteiger partial charge >= 0.3 is 0 Å². The summed E-state index contributed by atoms with van der Waals surface area (Å²) in [5.74, 6) is -0.670. The summed E-state index contributed by atoms with van der Waals surface area (Å²) in [6.45, 7) is 8.02. The molecule has 3 aliphatic rings. The molecule has 3 aliphatic heterocycles. The molecule has 8 nitrogen and oxygen atoms in total. The summed E-state index contributed by atoms with van der Waals surface area (Å²) in [7, 11) is 0. The van der Waals surface area contributed by atoms with Gasteiger partial charge in [-0.05, 0) is 54.3 Å². The van der Waals surface area contributed by atoms with Crippen molar-refractivity contribution in [2.24, 2.45) is 0 Å². The summed E-state index contributed by atoms with van der Waals surface area (Å²) in [6, 6.07) is 18.4. The number of hydrogen-bond donors (Lipinski definition) is 1. The van der Waals surface area contributed by atoms with E-state index in [0.29, 0.717) is 59.9 Å². The molecule has 42 heavy (non-hydrogen) atoms. The van der Waals surface area contributed by atoms with Crippen molar-refractivity contribution in [3.63, 3.8) is 0 Å². The zero-order valence-electron chi connectivity index (χ0n) is 24.2. The summed E-state index contributed by atoms with van der Waals surface area (Å²) in [5.41, 5.74) is 4.71. The molecule has 0 bridgehead atoms.